The largest absolute Gasteiger partial charge is 0.392 e. The van der Waals surface area contributed by atoms with Crippen LogP contribution in [0.1, 0.15) is 0 Å². The van der Waals surface area contributed by atoms with Crippen molar-refractivity contribution in [3.8, 4) is 0 Å². The molecular weight excluding hydrogens is 234 g/mol. The van der Waals surface area contributed by atoms with Gasteiger partial charge in [0.05, 0.1) is 24.9 Å². The minimum absolute atomic E-state index is 0.00100. The van der Waals surface area contributed by atoms with Crippen LogP contribution >= 0.6 is 11.8 Å². The van der Waals surface area contributed by atoms with Gasteiger partial charge in [-0.3, -0.25) is 4.99 Å². The quantitative estimate of drug-likeness (QED) is 0.569. The van der Waals surface area contributed by atoms with E-state index in [1.54, 1.807) is 7.11 Å². The molecule has 16 heavy (non-hydrogen) atoms. The Bertz CT molecular complexity index is 300. The van der Waals surface area contributed by atoms with Crippen LogP contribution in [-0.4, -0.2) is 70.5 Å². The second kappa shape index (κ2) is 4.59. The summed E-state index contributed by atoms with van der Waals surface area (Å²) in [6, 6.07) is -0.642. The molecule has 0 radical (unpaired) electrons. The van der Waals surface area contributed by atoms with E-state index in [2.05, 4.69) is 4.99 Å². The molecule has 6 nitrogen and oxygen atoms in total. The van der Waals surface area contributed by atoms with Gasteiger partial charge in [-0.1, -0.05) is 11.8 Å². The lowest BCUT2D eigenvalue weighted by atomic mass is 9.97. The van der Waals surface area contributed by atoms with Gasteiger partial charge < -0.3 is 24.8 Å². The molecule has 4 unspecified atom stereocenters. The molecule has 0 spiro atoms. The molecule has 4 atom stereocenters. The summed E-state index contributed by atoms with van der Waals surface area (Å²) in [5, 5.41) is 29.4. The SMILES string of the molecule is COCC1=NC2C(O)C(O)COC2(CO)S1. The number of ether oxygens (including phenoxy) is 2. The smallest absolute Gasteiger partial charge is 0.167 e. The summed E-state index contributed by atoms with van der Waals surface area (Å²) < 4.78 is 10.4. The number of rotatable bonds is 3. The van der Waals surface area contributed by atoms with Crippen LogP contribution in [0.2, 0.25) is 0 Å². The van der Waals surface area contributed by atoms with E-state index in [-0.39, 0.29) is 13.2 Å². The highest BCUT2D eigenvalue weighted by Gasteiger charge is 2.54. The maximum atomic E-state index is 9.83. The molecule has 0 amide bonds. The van der Waals surface area contributed by atoms with Crippen LogP contribution in [0.3, 0.4) is 0 Å². The number of thioether (sulfide) groups is 1. The van der Waals surface area contributed by atoms with Gasteiger partial charge in [0.2, 0.25) is 0 Å². The number of aliphatic imine (C=N–C) groups is 1. The Morgan fingerprint density at radius 1 is 1.62 bits per heavy atom. The van der Waals surface area contributed by atoms with Crippen molar-refractivity contribution in [3.05, 3.63) is 0 Å². The molecule has 0 saturated carbocycles. The third-order valence-corrected chi connectivity index (χ3v) is 4.02. The average molecular weight is 249 g/mol. The molecular formula is C9H15NO5S. The summed E-state index contributed by atoms with van der Waals surface area (Å²) in [6.07, 6.45) is -1.97. The highest BCUT2D eigenvalue weighted by Crippen LogP contribution is 2.43. The van der Waals surface area contributed by atoms with E-state index in [4.69, 9.17) is 9.47 Å². The number of aliphatic hydroxyl groups excluding tert-OH is 3. The lowest BCUT2D eigenvalue weighted by molar-refractivity contribution is -0.155. The summed E-state index contributed by atoms with van der Waals surface area (Å²) >= 11 is 1.25. The molecule has 2 heterocycles. The molecule has 0 aromatic heterocycles. The number of hydrogen-bond acceptors (Lipinski definition) is 7. The van der Waals surface area contributed by atoms with E-state index in [1.165, 1.54) is 11.8 Å². The number of aliphatic hydroxyl groups is 3. The summed E-state index contributed by atoms with van der Waals surface area (Å²) in [4.78, 5) is 3.27. The molecule has 1 saturated heterocycles. The number of hydrogen-bond donors (Lipinski definition) is 3. The van der Waals surface area contributed by atoms with Crippen LogP contribution in [0.4, 0.5) is 0 Å². The van der Waals surface area contributed by atoms with E-state index < -0.39 is 23.2 Å². The van der Waals surface area contributed by atoms with Crippen LogP contribution in [0.25, 0.3) is 0 Å². The van der Waals surface area contributed by atoms with Crippen LogP contribution in [-0.2, 0) is 9.47 Å². The van der Waals surface area contributed by atoms with Crippen LogP contribution < -0.4 is 0 Å². The van der Waals surface area contributed by atoms with E-state index in [0.717, 1.165) is 0 Å². The highest BCUT2D eigenvalue weighted by molar-refractivity contribution is 8.15. The molecule has 1 fully saturated rings. The Kier molecular flexibility index (Phi) is 3.53. The van der Waals surface area contributed by atoms with Crippen molar-refractivity contribution in [2.75, 3.05) is 26.9 Å². The molecule has 2 aliphatic rings. The van der Waals surface area contributed by atoms with Crippen molar-refractivity contribution in [2.24, 2.45) is 4.99 Å². The first-order valence-electron chi connectivity index (χ1n) is 4.98. The molecule has 0 aromatic rings. The van der Waals surface area contributed by atoms with Gasteiger partial charge in [-0.25, -0.2) is 0 Å². The zero-order chi connectivity index (χ0) is 11.8. The lowest BCUT2D eigenvalue weighted by Crippen LogP contribution is -2.58. The molecule has 0 bridgehead atoms. The van der Waals surface area contributed by atoms with Crippen LogP contribution in [0, 0.1) is 0 Å². The van der Waals surface area contributed by atoms with E-state index in [9.17, 15) is 15.3 Å². The standard InChI is InChI=1S/C9H15NO5S/c1-14-3-6-10-8-7(13)5(12)2-15-9(8,4-11)16-6/h5,7-8,11-13H,2-4H2,1H3. The van der Waals surface area contributed by atoms with Crippen molar-refractivity contribution >= 4 is 16.8 Å². The fourth-order valence-electron chi connectivity index (χ4n) is 1.89. The topological polar surface area (TPSA) is 91.5 Å². The molecule has 92 valence electrons. The van der Waals surface area contributed by atoms with Gasteiger partial charge >= 0.3 is 0 Å². The fraction of sp³-hybridized carbons (Fsp3) is 0.889. The van der Waals surface area contributed by atoms with Gasteiger partial charge in [-0.2, -0.15) is 0 Å². The van der Waals surface area contributed by atoms with Crippen LogP contribution in [0.15, 0.2) is 4.99 Å². The molecule has 2 aliphatic heterocycles. The Morgan fingerprint density at radius 2 is 2.38 bits per heavy atom. The summed E-state index contributed by atoms with van der Waals surface area (Å²) in [5.41, 5.74) is 0. The Hall–Kier alpha value is -0.180. The first-order chi connectivity index (χ1) is 7.63. The number of fused-ring (bicyclic) bond motifs is 1. The van der Waals surface area contributed by atoms with E-state index in [1.807, 2.05) is 0 Å². The Labute approximate surface area is 97.3 Å². The molecule has 3 N–H and O–H groups in total. The van der Waals surface area contributed by atoms with Crippen molar-refractivity contribution < 1.29 is 24.8 Å². The van der Waals surface area contributed by atoms with Gasteiger partial charge in [-0.15, -0.1) is 0 Å². The number of nitrogens with zero attached hydrogens (tertiary/aromatic N) is 1. The third-order valence-electron chi connectivity index (χ3n) is 2.73. The minimum Gasteiger partial charge on any atom is -0.392 e. The van der Waals surface area contributed by atoms with E-state index in [0.29, 0.717) is 11.7 Å². The average Bonchev–Trinajstić information content (AvgIpc) is 2.65. The summed E-state index contributed by atoms with van der Waals surface area (Å²) in [5.74, 6) is 0. The van der Waals surface area contributed by atoms with E-state index >= 15 is 0 Å². The Morgan fingerprint density at radius 3 is 3.00 bits per heavy atom. The molecule has 2 rings (SSSR count). The van der Waals surface area contributed by atoms with Crippen molar-refractivity contribution in [1.29, 1.82) is 0 Å². The first kappa shape index (κ1) is 12.3. The van der Waals surface area contributed by atoms with Crippen molar-refractivity contribution in [2.45, 2.75) is 23.2 Å². The van der Waals surface area contributed by atoms with Crippen molar-refractivity contribution in [1.82, 2.24) is 0 Å². The predicted molar refractivity (Wildman–Crippen MR) is 58.5 cm³/mol. The third kappa shape index (κ3) is 1.87. The zero-order valence-electron chi connectivity index (χ0n) is 8.87. The monoisotopic (exact) mass is 249 g/mol. The molecule has 7 heteroatoms. The normalized spacial score (nSPS) is 43.0. The maximum absolute atomic E-state index is 9.83. The van der Waals surface area contributed by atoms with Gasteiger partial charge in [-0.05, 0) is 0 Å². The second-order valence-electron chi connectivity index (χ2n) is 3.84. The zero-order valence-corrected chi connectivity index (χ0v) is 9.68. The Balaban J connectivity index is 2.20. The second-order valence-corrected chi connectivity index (χ2v) is 5.21. The van der Waals surface area contributed by atoms with Gasteiger partial charge in [0.1, 0.15) is 18.2 Å². The lowest BCUT2D eigenvalue weighted by Gasteiger charge is -2.40. The number of methoxy groups -OCH3 is 1. The minimum atomic E-state index is -1.01. The molecule has 0 aliphatic carbocycles. The van der Waals surface area contributed by atoms with Crippen molar-refractivity contribution in [3.63, 3.8) is 0 Å². The van der Waals surface area contributed by atoms with Crippen LogP contribution in [0.5, 0.6) is 0 Å². The van der Waals surface area contributed by atoms with Gasteiger partial charge in [0.15, 0.2) is 4.93 Å². The van der Waals surface area contributed by atoms with Gasteiger partial charge in [0.25, 0.3) is 0 Å². The first-order valence-corrected chi connectivity index (χ1v) is 5.80. The highest BCUT2D eigenvalue weighted by atomic mass is 32.2. The summed E-state index contributed by atoms with van der Waals surface area (Å²) in [7, 11) is 1.54. The molecule has 0 aromatic carbocycles. The summed E-state index contributed by atoms with van der Waals surface area (Å²) in [6.45, 7) is 0.0545. The maximum Gasteiger partial charge on any atom is 0.167 e. The predicted octanol–water partition coefficient (Wildman–Crippen LogP) is -1.41. The van der Waals surface area contributed by atoms with Gasteiger partial charge in [0, 0.05) is 7.11 Å². The fourth-order valence-corrected chi connectivity index (χ4v) is 3.13.